The third-order valence-corrected chi connectivity index (χ3v) is 5.34. The van der Waals surface area contributed by atoms with Gasteiger partial charge >= 0.3 is 0 Å². The van der Waals surface area contributed by atoms with Crippen molar-refractivity contribution in [3.63, 3.8) is 0 Å². The monoisotopic (exact) mass is 415 g/mol. The van der Waals surface area contributed by atoms with Crippen molar-refractivity contribution in [3.05, 3.63) is 65.2 Å². The second-order valence-corrected chi connectivity index (χ2v) is 7.97. The molecule has 1 unspecified atom stereocenters. The lowest BCUT2D eigenvalue weighted by Gasteiger charge is -2.26. The van der Waals surface area contributed by atoms with Crippen molar-refractivity contribution in [2.45, 2.75) is 64.2 Å². The number of unbranched alkanes of at least 4 members (excludes halogenated alkanes) is 4. The van der Waals surface area contributed by atoms with Gasteiger partial charge in [0, 0.05) is 18.8 Å². The Bertz CT molecular complexity index is 718. The van der Waals surface area contributed by atoms with Gasteiger partial charge in [-0.25, -0.2) is 0 Å². The fourth-order valence-electron chi connectivity index (χ4n) is 3.41. The predicted octanol–water partition coefficient (Wildman–Crippen LogP) is 4.24. The molecule has 1 atom stereocenters. The van der Waals surface area contributed by atoms with E-state index in [-0.39, 0.29) is 12.4 Å². The van der Waals surface area contributed by atoms with Crippen LogP contribution in [-0.4, -0.2) is 35.1 Å². The average Bonchev–Trinajstić information content (AvgIpc) is 2.75. The maximum absolute atomic E-state index is 10.6. The number of rotatable bonds is 15. The zero-order valence-electron chi connectivity index (χ0n) is 18.1. The second kappa shape index (κ2) is 13.4. The highest BCUT2D eigenvalue weighted by Gasteiger charge is 2.22. The van der Waals surface area contributed by atoms with E-state index in [1.165, 1.54) is 11.6 Å². The van der Waals surface area contributed by atoms with Gasteiger partial charge in [0.05, 0.1) is 6.61 Å². The smallest absolute Gasteiger partial charge is 0.139 e. The van der Waals surface area contributed by atoms with Gasteiger partial charge in [-0.3, -0.25) is 5.32 Å². The van der Waals surface area contributed by atoms with Crippen molar-refractivity contribution in [2.75, 3.05) is 19.8 Å². The first-order valence-electron chi connectivity index (χ1n) is 11.1. The molecule has 2 aromatic carbocycles. The Morgan fingerprint density at radius 1 is 0.900 bits per heavy atom. The van der Waals surface area contributed by atoms with E-state index >= 15 is 0 Å². The molecule has 30 heavy (non-hydrogen) atoms. The minimum Gasteiger partial charge on any atom is -0.508 e. The standard InChI is InChI=1S/C25H37NO4/c1-25(29,23-14-15-24(28)22(19-23)20-27)26-16-8-2-3-9-17-30-18-10-7-13-21-11-5-4-6-12-21/h4-6,11-12,14-15,19,26-29H,2-3,7-10,13,16-18,20H2,1H3. The summed E-state index contributed by atoms with van der Waals surface area (Å²) in [5, 5.41) is 32.7. The summed E-state index contributed by atoms with van der Waals surface area (Å²) in [5.74, 6) is 0.0375. The van der Waals surface area contributed by atoms with Crippen LogP contribution in [0.15, 0.2) is 48.5 Å². The maximum atomic E-state index is 10.6. The molecule has 5 nitrogen and oxygen atoms in total. The van der Waals surface area contributed by atoms with Gasteiger partial charge in [-0.15, -0.1) is 0 Å². The first-order valence-corrected chi connectivity index (χ1v) is 11.1. The number of nitrogens with one attached hydrogen (secondary N) is 1. The maximum Gasteiger partial charge on any atom is 0.139 e. The summed E-state index contributed by atoms with van der Waals surface area (Å²) in [7, 11) is 0. The summed E-state index contributed by atoms with van der Waals surface area (Å²) in [6, 6.07) is 15.4. The molecule has 0 spiro atoms. The van der Waals surface area contributed by atoms with Gasteiger partial charge in [0.1, 0.15) is 11.5 Å². The van der Waals surface area contributed by atoms with Crippen LogP contribution in [0.2, 0.25) is 0 Å². The highest BCUT2D eigenvalue weighted by atomic mass is 16.5. The van der Waals surface area contributed by atoms with E-state index in [1.54, 1.807) is 19.1 Å². The van der Waals surface area contributed by atoms with Gasteiger partial charge in [0.25, 0.3) is 0 Å². The van der Waals surface area contributed by atoms with E-state index in [0.29, 0.717) is 17.7 Å². The number of aromatic hydroxyl groups is 1. The molecule has 0 aliphatic rings. The van der Waals surface area contributed by atoms with E-state index in [4.69, 9.17) is 4.74 Å². The number of ether oxygens (including phenoxy) is 1. The van der Waals surface area contributed by atoms with Gasteiger partial charge in [-0.1, -0.05) is 49.2 Å². The molecule has 0 fully saturated rings. The van der Waals surface area contributed by atoms with Crippen molar-refractivity contribution in [2.24, 2.45) is 0 Å². The summed E-state index contributed by atoms with van der Waals surface area (Å²) in [5.41, 5.74) is 1.24. The molecule has 0 radical (unpaired) electrons. The molecule has 0 aliphatic heterocycles. The Kier molecular flexibility index (Phi) is 10.9. The van der Waals surface area contributed by atoms with Crippen molar-refractivity contribution in [1.29, 1.82) is 0 Å². The molecule has 4 N–H and O–H groups in total. The summed E-state index contributed by atoms with van der Waals surface area (Å²) in [4.78, 5) is 0. The molecule has 2 rings (SSSR count). The van der Waals surface area contributed by atoms with Gasteiger partial charge in [-0.2, -0.15) is 0 Å². The minimum atomic E-state index is -1.19. The molecule has 0 saturated carbocycles. The molecule has 166 valence electrons. The van der Waals surface area contributed by atoms with Gasteiger partial charge < -0.3 is 20.1 Å². The van der Waals surface area contributed by atoms with Crippen LogP contribution in [0.5, 0.6) is 5.75 Å². The lowest BCUT2D eigenvalue weighted by atomic mass is 10.0. The molecule has 0 saturated heterocycles. The molecule has 5 heteroatoms. The van der Waals surface area contributed by atoms with Crippen molar-refractivity contribution in [3.8, 4) is 5.75 Å². The first kappa shape index (κ1) is 24.4. The molecule has 0 bridgehead atoms. The zero-order chi connectivity index (χ0) is 21.7. The van der Waals surface area contributed by atoms with Crippen molar-refractivity contribution >= 4 is 0 Å². The molecule has 2 aromatic rings. The third kappa shape index (κ3) is 8.84. The number of phenols is 1. The van der Waals surface area contributed by atoms with Crippen molar-refractivity contribution in [1.82, 2.24) is 5.32 Å². The highest BCUT2D eigenvalue weighted by Crippen LogP contribution is 2.24. The molecular formula is C25H37NO4. The summed E-state index contributed by atoms with van der Waals surface area (Å²) >= 11 is 0. The average molecular weight is 416 g/mol. The Balaban J connectivity index is 1.47. The van der Waals surface area contributed by atoms with Crippen LogP contribution >= 0.6 is 0 Å². The van der Waals surface area contributed by atoms with E-state index in [0.717, 1.165) is 58.2 Å². The number of aliphatic hydroxyl groups is 2. The van der Waals surface area contributed by atoms with Crippen LogP contribution in [-0.2, 0) is 23.5 Å². The van der Waals surface area contributed by atoms with Crippen LogP contribution in [0.25, 0.3) is 0 Å². The largest absolute Gasteiger partial charge is 0.508 e. The van der Waals surface area contributed by atoms with Crippen LogP contribution in [0.3, 0.4) is 0 Å². The number of hydrogen-bond donors (Lipinski definition) is 4. The molecule has 0 aliphatic carbocycles. The quantitative estimate of drug-likeness (QED) is 0.258. The van der Waals surface area contributed by atoms with Crippen LogP contribution in [0.1, 0.15) is 62.1 Å². The Labute approximate surface area is 180 Å². The SMILES string of the molecule is CC(O)(NCCCCCCOCCCCc1ccccc1)c1ccc(O)c(CO)c1. The van der Waals surface area contributed by atoms with E-state index in [1.807, 2.05) is 0 Å². The minimum absolute atomic E-state index is 0.0375. The summed E-state index contributed by atoms with van der Waals surface area (Å²) in [6.07, 6.45) is 7.61. The molecule has 0 aromatic heterocycles. The molecule has 0 amide bonds. The number of hydrogen-bond acceptors (Lipinski definition) is 5. The molecule has 0 heterocycles. The van der Waals surface area contributed by atoms with Gasteiger partial charge in [0.2, 0.25) is 0 Å². The van der Waals surface area contributed by atoms with Crippen LogP contribution in [0.4, 0.5) is 0 Å². The summed E-state index contributed by atoms with van der Waals surface area (Å²) in [6.45, 7) is 3.77. The summed E-state index contributed by atoms with van der Waals surface area (Å²) < 4.78 is 5.73. The predicted molar refractivity (Wildman–Crippen MR) is 120 cm³/mol. The van der Waals surface area contributed by atoms with E-state index < -0.39 is 5.72 Å². The number of aryl methyl sites for hydroxylation is 1. The van der Waals surface area contributed by atoms with Gasteiger partial charge in [0.15, 0.2) is 0 Å². The Hall–Kier alpha value is -1.92. The number of aliphatic hydroxyl groups excluding tert-OH is 1. The molecular weight excluding hydrogens is 378 g/mol. The highest BCUT2D eigenvalue weighted by molar-refractivity contribution is 5.37. The van der Waals surface area contributed by atoms with Crippen LogP contribution < -0.4 is 5.32 Å². The Morgan fingerprint density at radius 2 is 1.60 bits per heavy atom. The van der Waals surface area contributed by atoms with Crippen molar-refractivity contribution < 1.29 is 20.1 Å². The normalized spacial score (nSPS) is 13.3. The topological polar surface area (TPSA) is 82.0 Å². The second-order valence-electron chi connectivity index (χ2n) is 7.97. The number of benzene rings is 2. The van der Waals surface area contributed by atoms with Gasteiger partial charge in [-0.05, 0) is 68.8 Å². The fraction of sp³-hybridized carbons (Fsp3) is 0.520. The fourth-order valence-corrected chi connectivity index (χ4v) is 3.41. The van der Waals surface area contributed by atoms with E-state index in [2.05, 4.69) is 35.6 Å². The third-order valence-electron chi connectivity index (χ3n) is 5.34. The Morgan fingerprint density at radius 3 is 2.33 bits per heavy atom. The lowest BCUT2D eigenvalue weighted by molar-refractivity contribution is 0.0196. The van der Waals surface area contributed by atoms with Crippen LogP contribution in [0, 0.1) is 0 Å². The lowest BCUT2D eigenvalue weighted by Crippen LogP contribution is -2.39. The zero-order valence-corrected chi connectivity index (χ0v) is 18.1. The van der Waals surface area contributed by atoms with E-state index in [9.17, 15) is 15.3 Å². The first-order chi connectivity index (χ1) is 14.5.